The number of carboxylic acids is 1. The van der Waals surface area contributed by atoms with Crippen LogP contribution in [0.15, 0.2) is 18.2 Å². The highest BCUT2D eigenvalue weighted by atomic mass is 16.4. The zero-order chi connectivity index (χ0) is 13.9. The van der Waals surface area contributed by atoms with E-state index >= 15 is 0 Å². The highest BCUT2D eigenvalue weighted by Gasteiger charge is 2.25. The van der Waals surface area contributed by atoms with Crippen molar-refractivity contribution in [1.29, 1.82) is 0 Å². The summed E-state index contributed by atoms with van der Waals surface area (Å²) in [4.78, 5) is 22.9. The maximum absolute atomic E-state index is 11.9. The molecule has 1 atom stereocenters. The summed E-state index contributed by atoms with van der Waals surface area (Å²) in [6, 6.07) is 3.78. The van der Waals surface area contributed by atoms with Crippen LogP contribution in [0.5, 0.6) is 5.75 Å². The standard InChI is InChI=1S/C13H17NO4/c1-7(2)10(13(17)18)14-12(16)9-6-4-5-8(3)11(9)15/h4-7,10,15H,1-3H3,(H,14,16)(H,17,18). The summed E-state index contributed by atoms with van der Waals surface area (Å²) in [5.41, 5.74) is 0.654. The second-order valence-electron chi connectivity index (χ2n) is 4.50. The first kappa shape index (κ1) is 14.0. The lowest BCUT2D eigenvalue weighted by atomic mass is 10.0. The van der Waals surface area contributed by atoms with E-state index in [1.165, 1.54) is 6.07 Å². The molecule has 1 aromatic carbocycles. The summed E-state index contributed by atoms with van der Waals surface area (Å²) in [6.07, 6.45) is 0. The monoisotopic (exact) mass is 251 g/mol. The Morgan fingerprint density at radius 3 is 2.39 bits per heavy atom. The lowest BCUT2D eigenvalue weighted by Gasteiger charge is -2.18. The Morgan fingerprint density at radius 1 is 1.28 bits per heavy atom. The number of aryl methyl sites for hydroxylation is 1. The summed E-state index contributed by atoms with van der Waals surface area (Å²) in [5.74, 6) is -2.04. The zero-order valence-electron chi connectivity index (χ0n) is 10.6. The van der Waals surface area contributed by atoms with Crippen molar-refractivity contribution in [3.63, 3.8) is 0 Å². The van der Waals surface area contributed by atoms with Crippen molar-refractivity contribution < 1.29 is 19.8 Å². The average molecular weight is 251 g/mol. The number of hydrogen-bond donors (Lipinski definition) is 3. The van der Waals surface area contributed by atoms with E-state index in [-0.39, 0.29) is 17.2 Å². The third kappa shape index (κ3) is 3.00. The minimum absolute atomic E-state index is 0.0851. The van der Waals surface area contributed by atoms with Gasteiger partial charge in [-0.25, -0.2) is 4.79 Å². The maximum Gasteiger partial charge on any atom is 0.326 e. The lowest BCUT2D eigenvalue weighted by molar-refractivity contribution is -0.140. The number of amides is 1. The molecular weight excluding hydrogens is 234 g/mol. The number of nitrogens with one attached hydrogen (secondary N) is 1. The first-order valence-corrected chi connectivity index (χ1v) is 5.66. The zero-order valence-corrected chi connectivity index (χ0v) is 10.6. The number of phenols is 1. The van der Waals surface area contributed by atoms with Crippen LogP contribution >= 0.6 is 0 Å². The summed E-state index contributed by atoms with van der Waals surface area (Å²) < 4.78 is 0. The number of para-hydroxylation sites is 1. The van der Waals surface area contributed by atoms with Gasteiger partial charge < -0.3 is 15.5 Å². The van der Waals surface area contributed by atoms with E-state index in [2.05, 4.69) is 5.32 Å². The fourth-order valence-electron chi connectivity index (χ4n) is 1.57. The summed E-state index contributed by atoms with van der Waals surface area (Å²) in [7, 11) is 0. The number of rotatable bonds is 4. The van der Waals surface area contributed by atoms with Crippen LogP contribution in [0.1, 0.15) is 29.8 Å². The number of phenolic OH excluding ortho intramolecular Hbond substituents is 1. The number of carbonyl (C=O) groups excluding carboxylic acids is 1. The second-order valence-corrected chi connectivity index (χ2v) is 4.50. The van der Waals surface area contributed by atoms with Gasteiger partial charge in [-0.2, -0.15) is 0 Å². The van der Waals surface area contributed by atoms with Crippen molar-refractivity contribution in [2.45, 2.75) is 26.8 Å². The number of aromatic hydroxyl groups is 1. The summed E-state index contributed by atoms with van der Waals surface area (Å²) in [6.45, 7) is 5.08. The molecule has 0 bridgehead atoms. The Morgan fingerprint density at radius 2 is 1.89 bits per heavy atom. The van der Waals surface area contributed by atoms with Crippen molar-refractivity contribution in [2.24, 2.45) is 5.92 Å². The van der Waals surface area contributed by atoms with Gasteiger partial charge in [0.2, 0.25) is 0 Å². The van der Waals surface area contributed by atoms with E-state index in [0.29, 0.717) is 5.56 Å². The normalized spacial score (nSPS) is 12.2. The van der Waals surface area contributed by atoms with Crippen molar-refractivity contribution >= 4 is 11.9 Å². The molecule has 3 N–H and O–H groups in total. The molecule has 1 aromatic rings. The van der Waals surface area contributed by atoms with Crippen molar-refractivity contribution in [3.8, 4) is 5.75 Å². The molecule has 0 aliphatic rings. The summed E-state index contributed by atoms with van der Waals surface area (Å²) in [5, 5.41) is 21.1. The minimum Gasteiger partial charge on any atom is -0.507 e. The van der Waals surface area contributed by atoms with Crippen molar-refractivity contribution in [2.75, 3.05) is 0 Å². The number of aliphatic carboxylic acids is 1. The number of carbonyl (C=O) groups is 2. The molecule has 18 heavy (non-hydrogen) atoms. The Hall–Kier alpha value is -2.04. The molecule has 5 heteroatoms. The molecule has 0 aromatic heterocycles. The van der Waals surface area contributed by atoms with E-state index < -0.39 is 17.9 Å². The molecule has 5 nitrogen and oxygen atoms in total. The molecule has 0 radical (unpaired) electrons. The molecule has 98 valence electrons. The second kappa shape index (κ2) is 5.53. The lowest BCUT2D eigenvalue weighted by Crippen LogP contribution is -2.44. The minimum atomic E-state index is -1.09. The van der Waals surface area contributed by atoms with Gasteiger partial charge in [0.15, 0.2) is 0 Å². The SMILES string of the molecule is Cc1cccc(C(=O)NC(C(=O)O)C(C)C)c1O. The Bertz CT molecular complexity index is 468. The van der Waals surface area contributed by atoms with Gasteiger partial charge in [0, 0.05) is 0 Å². The smallest absolute Gasteiger partial charge is 0.326 e. The van der Waals surface area contributed by atoms with E-state index in [4.69, 9.17) is 5.11 Å². The summed E-state index contributed by atoms with van der Waals surface area (Å²) >= 11 is 0. The molecule has 0 heterocycles. The van der Waals surface area contributed by atoms with Crippen molar-refractivity contribution in [1.82, 2.24) is 5.32 Å². The topological polar surface area (TPSA) is 86.6 Å². The van der Waals surface area contributed by atoms with Crippen LogP contribution in [-0.2, 0) is 4.79 Å². The van der Waals surface area contributed by atoms with E-state index in [1.807, 2.05) is 0 Å². The highest BCUT2D eigenvalue weighted by Crippen LogP contribution is 2.21. The third-order valence-corrected chi connectivity index (χ3v) is 2.70. The predicted molar refractivity (Wildman–Crippen MR) is 66.6 cm³/mol. The fourth-order valence-corrected chi connectivity index (χ4v) is 1.57. The maximum atomic E-state index is 11.9. The molecule has 0 aliphatic heterocycles. The Labute approximate surface area is 105 Å². The van der Waals surface area contributed by atoms with E-state index in [1.54, 1.807) is 32.9 Å². The van der Waals surface area contributed by atoms with Gasteiger partial charge in [-0.05, 0) is 24.5 Å². The average Bonchev–Trinajstić information content (AvgIpc) is 2.28. The molecule has 1 rings (SSSR count). The van der Waals surface area contributed by atoms with Gasteiger partial charge >= 0.3 is 5.97 Å². The quantitative estimate of drug-likeness (QED) is 0.757. The van der Waals surface area contributed by atoms with Crippen LogP contribution < -0.4 is 5.32 Å². The van der Waals surface area contributed by atoms with Gasteiger partial charge in [-0.3, -0.25) is 4.79 Å². The van der Waals surface area contributed by atoms with Crippen LogP contribution in [0.25, 0.3) is 0 Å². The Kier molecular flexibility index (Phi) is 4.31. The molecule has 0 aliphatic carbocycles. The molecule has 1 amide bonds. The van der Waals surface area contributed by atoms with Gasteiger partial charge in [-0.15, -0.1) is 0 Å². The van der Waals surface area contributed by atoms with E-state index in [9.17, 15) is 14.7 Å². The number of benzene rings is 1. The fraction of sp³-hybridized carbons (Fsp3) is 0.385. The molecule has 0 saturated heterocycles. The molecule has 0 spiro atoms. The number of carboxylic acid groups (broad SMARTS) is 1. The number of hydrogen-bond acceptors (Lipinski definition) is 3. The van der Waals surface area contributed by atoms with E-state index in [0.717, 1.165) is 0 Å². The highest BCUT2D eigenvalue weighted by molar-refractivity contribution is 5.99. The first-order chi connectivity index (χ1) is 8.34. The Balaban J connectivity index is 2.94. The largest absolute Gasteiger partial charge is 0.507 e. The van der Waals surface area contributed by atoms with Gasteiger partial charge in [0.1, 0.15) is 11.8 Å². The van der Waals surface area contributed by atoms with Gasteiger partial charge in [0.05, 0.1) is 5.56 Å². The molecule has 1 unspecified atom stereocenters. The van der Waals surface area contributed by atoms with Gasteiger partial charge in [-0.1, -0.05) is 26.0 Å². The van der Waals surface area contributed by atoms with Crippen LogP contribution in [0.3, 0.4) is 0 Å². The molecule has 0 fully saturated rings. The third-order valence-electron chi connectivity index (χ3n) is 2.70. The first-order valence-electron chi connectivity index (χ1n) is 5.66. The predicted octanol–water partition coefficient (Wildman–Crippen LogP) is 1.54. The van der Waals surface area contributed by atoms with Crippen molar-refractivity contribution in [3.05, 3.63) is 29.3 Å². The van der Waals surface area contributed by atoms with Crippen LogP contribution in [0.4, 0.5) is 0 Å². The van der Waals surface area contributed by atoms with Gasteiger partial charge in [0.25, 0.3) is 5.91 Å². The van der Waals surface area contributed by atoms with Crippen LogP contribution in [0, 0.1) is 12.8 Å². The molecule has 0 saturated carbocycles. The van der Waals surface area contributed by atoms with Crippen LogP contribution in [-0.4, -0.2) is 28.1 Å². The van der Waals surface area contributed by atoms with Crippen LogP contribution in [0.2, 0.25) is 0 Å². The molecular formula is C13H17NO4.